The van der Waals surface area contributed by atoms with E-state index in [9.17, 15) is 0 Å². The van der Waals surface area contributed by atoms with Crippen molar-refractivity contribution in [1.82, 2.24) is 9.55 Å². The minimum atomic E-state index is 0.791. The summed E-state index contributed by atoms with van der Waals surface area (Å²) in [4.78, 5) is 4.37. The van der Waals surface area contributed by atoms with Gasteiger partial charge in [0.1, 0.15) is 5.82 Å². The van der Waals surface area contributed by atoms with Crippen LogP contribution in [0.25, 0.3) is 0 Å². The maximum Gasteiger partial charge on any atom is 0.126 e. The van der Waals surface area contributed by atoms with Gasteiger partial charge in [0.05, 0.1) is 18.6 Å². The zero-order valence-corrected chi connectivity index (χ0v) is 10.8. The number of hydrogen-bond donors (Lipinski definition) is 1. The minimum Gasteiger partial charge on any atom is -0.384 e. The van der Waals surface area contributed by atoms with Crippen molar-refractivity contribution in [3.63, 3.8) is 0 Å². The van der Waals surface area contributed by atoms with Gasteiger partial charge in [-0.3, -0.25) is 0 Å². The molecule has 0 amide bonds. The summed E-state index contributed by atoms with van der Waals surface area (Å²) >= 11 is 1.81. The van der Waals surface area contributed by atoms with Crippen molar-refractivity contribution in [1.29, 1.82) is 0 Å². The number of aromatic nitrogens is 2. The molecule has 0 bridgehead atoms. The van der Waals surface area contributed by atoms with E-state index < -0.39 is 0 Å². The first kappa shape index (κ1) is 12.0. The SMILES string of the molecule is CSCCc1ncn(Cc2ccccc2)c1N. The molecule has 2 rings (SSSR count). The van der Waals surface area contributed by atoms with Crippen LogP contribution in [0.4, 0.5) is 5.82 Å². The summed E-state index contributed by atoms with van der Waals surface area (Å²) < 4.78 is 2.00. The molecule has 0 spiro atoms. The average molecular weight is 247 g/mol. The highest BCUT2D eigenvalue weighted by atomic mass is 32.2. The number of imidazole rings is 1. The normalized spacial score (nSPS) is 10.6. The molecule has 0 unspecified atom stereocenters. The molecule has 1 heterocycles. The third-order valence-electron chi connectivity index (χ3n) is 2.70. The Balaban J connectivity index is 2.09. The second-order valence-electron chi connectivity index (χ2n) is 3.93. The molecule has 0 aliphatic carbocycles. The van der Waals surface area contributed by atoms with Crippen LogP contribution < -0.4 is 5.73 Å². The van der Waals surface area contributed by atoms with Crippen LogP contribution in [-0.4, -0.2) is 21.6 Å². The fourth-order valence-corrected chi connectivity index (χ4v) is 2.13. The zero-order chi connectivity index (χ0) is 12.1. The molecule has 3 nitrogen and oxygen atoms in total. The summed E-state index contributed by atoms with van der Waals surface area (Å²) in [6, 6.07) is 10.3. The van der Waals surface area contributed by atoms with Gasteiger partial charge in [-0.2, -0.15) is 11.8 Å². The van der Waals surface area contributed by atoms with E-state index in [1.807, 2.05) is 40.9 Å². The quantitative estimate of drug-likeness (QED) is 0.882. The van der Waals surface area contributed by atoms with Gasteiger partial charge in [0.25, 0.3) is 0 Å². The lowest BCUT2D eigenvalue weighted by Gasteiger charge is -2.05. The second-order valence-corrected chi connectivity index (χ2v) is 4.92. The number of rotatable bonds is 5. The van der Waals surface area contributed by atoms with Gasteiger partial charge < -0.3 is 10.3 Å². The van der Waals surface area contributed by atoms with Gasteiger partial charge in [-0.25, -0.2) is 4.98 Å². The molecule has 0 saturated carbocycles. The largest absolute Gasteiger partial charge is 0.384 e. The fourth-order valence-electron chi connectivity index (χ4n) is 1.73. The zero-order valence-electron chi connectivity index (χ0n) is 9.97. The summed E-state index contributed by atoms with van der Waals surface area (Å²) in [6.07, 6.45) is 4.87. The van der Waals surface area contributed by atoms with Gasteiger partial charge in [-0.1, -0.05) is 30.3 Å². The molecule has 2 aromatic rings. The molecule has 90 valence electrons. The number of hydrogen-bond acceptors (Lipinski definition) is 3. The summed E-state index contributed by atoms with van der Waals surface area (Å²) in [5, 5.41) is 0. The van der Waals surface area contributed by atoms with Crippen molar-refractivity contribution in [2.24, 2.45) is 0 Å². The van der Waals surface area contributed by atoms with Gasteiger partial charge in [0.15, 0.2) is 0 Å². The van der Waals surface area contributed by atoms with E-state index in [0.717, 1.165) is 30.2 Å². The van der Waals surface area contributed by atoms with E-state index in [1.54, 1.807) is 0 Å². The molecular formula is C13H17N3S. The molecule has 0 saturated heterocycles. The maximum atomic E-state index is 6.08. The van der Waals surface area contributed by atoms with Crippen LogP contribution in [0, 0.1) is 0 Å². The van der Waals surface area contributed by atoms with Crippen molar-refractivity contribution >= 4 is 17.6 Å². The van der Waals surface area contributed by atoms with Crippen LogP contribution >= 0.6 is 11.8 Å². The standard InChI is InChI=1S/C13H17N3S/c1-17-8-7-12-13(14)16(10-15-12)9-11-5-3-2-4-6-11/h2-6,10H,7-9,14H2,1H3. The molecule has 1 aromatic carbocycles. The Bertz CT molecular complexity index is 465. The lowest BCUT2D eigenvalue weighted by atomic mass is 10.2. The van der Waals surface area contributed by atoms with E-state index in [0.29, 0.717) is 0 Å². The van der Waals surface area contributed by atoms with Crippen molar-refractivity contribution in [2.45, 2.75) is 13.0 Å². The Hall–Kier alpha value is -1.42. The molecular weight excluding hydrogens is 230 g/mol. The molecule has 0 atom stereocenters. The number of nitrogens with zero attached hydrogens (tertiary/aromatic N) is 2. The molecule has 0 aliphatic rings. The summed E-state index contributed by atoms with van der Waals surface area (Å²) in [5.74, 6) is 1.86. The Kier molecular flexibility index (Phi) is 4.09. The lowest BCUT2D eigenvalue weighted by molar-refractivity contribution is 0.807. The Morgan fingerprint density at radius 1 is 1.29 bits per heavy atom. The molecule has 0 radical (unpaired) electrons. The molecule has 0 fully saturated rings. The van der Waals surface area contributed by atoms with Gasteiger partial charge in [-0.15, -0.1) is 0 Å². The highest BCUT2D eigenvalue weighted by molar-refractivity contribution is 7.98. The van der Waals surface area contributed by atoms with Crippen LogP contribution in [0.3, 0.4) is 0 Å². The fraction of sp³-hybridized carbons (Fsp3) is 0.308. The Morgan fingerprint density at radius 2 is 2.06 bits per heavy atom. The lowest BCUT2D eigenvalue weighted by Crippen LogP contribution is -2.04. The third kappa shape index (κ3) is 3.03. The molecule has 17 heavy (non-hydrogen) atoms. The topological polar surface area (TPSA) is 43.8 Å². The smallest absolute Gasteiger partial charge is 0.126 e. The van der Waals surface area contributed by atoms with Crippen molar-refractivity contribution < 1.29 is 0 Å². The summed E-state index contributed by atoms with van der Waals surface area (Å²) in [7, 11) is 0. The molecule has 2 N–H and O–H groups in total. The van der Waals surface area contributed by atoms with Crippen LogP contribution in [-0.2, 0) is 13.0 Å². The monoisotopic (exact) mass is 247 g/mol. The number of thioether (sulfide) groups is 1. The first-order chi connectivity index (χ1) is 8.31. The second kappa shape index (κ2) is 5.77. The van der Waals surface area contributed by atoms with Crippen molar-refractivity contribution in [3.8, 4) is 0 Å². The van der Waals surface area contributed by atoms with Gasteiger partial charge in [0, 0.05) is 6.42 Å². The summed E-state index contributed by atoms with van der Waals surface area (Å²) in [5.41, 5.74) is 8.34. The van der Waals surface area contributed by atoms with E-state index in [2.05, 4.69) is 23.4 Å². The molecule has 1 aromatic heterocycles. The predicted molar refractivity (Wildman–Crippen MR) is 74.3 cm³/mol. The van der Waals surface area contributed by atoms with E-state index in [4.69, 9.17) is 5.73 Å². The van der Waals surface area contributed by atoms with Crippen LogP contribution in [0.15, 0.2) is 36.7 Å². The number of anilines is 1. The number of nitrogens with two attached hydrogens (primary N) is 1. The number of nitrogen functional groups attached to an aromatic ring is 1. The average Bonchev–Trinajstić information content (AvgIpc) is 2.70. The predicted octanol–water partition coefficient (Wildman–Crippen LogP) is 2.42. The maximum absolute atomic E-state index is 6.08. The minimum absolute atomic E-state index is 0.791. The first-order valence-electron chi connectivity index (χ1n) is 5.63. The van der Waals surface area contributed by atoms with Gasteiger partial charge in [0.2, 0.25) is 0 Å². The van der Waals surface area contributed by atoms with E-state index in [-0.39, 0.29) is 0 Å². The van der Waals surface area contributed by atoms with E-state index >= 15 is 0 Å². The Labute approximate surface area is 106 Å². The van der Waals surface area contributed by atoms with Crippen molar-refractivity contribution in [2.75, 3.05) is 17.7 Å². The Morgan fingerprint density at radius 3 is 2.76 bits per heavy atom. The van der Waals surface area contributed by atoms with Gasteiger partial charge >= 0.3 is 0 Å². The van der Waals surface area contributed by atoms with Crippen LogP contribution in [0.1, 0.15) is 11.3 Å². The highest BCUT2D eigenvalue weighted by Crippen LogP contribution is 2.14. The van der Waals surface area contributed by atoms with Crippen LogP contribution in [0.2, 0.25) is 0 Å². The van der Waals surface area contributed by atoms with Crippen molar-refractivity contribution in [3.05, 3.63) is 47.9 Å². The first-order valence-corrected chi connectivity index (χ1v) is 7.03. The molecule has 0 aliphatic heterocycles. The van der Waals surface area contributed by atoms with E-state index in [1.165, 1.54) is 5.56 Å². The van der Waals surface area contributed by atoms with Gasteiger partial charge in [-0.05, 0) is 17.6 Å². The third-order valence-corrected chi connectivity index (χ3v) is 3.31. The number of benzene rings is 1. The highest BCUT2D eigenvalue weighted by Gasteiger charge is 2.07. The van der Waals surface area contributed by atoms with Crippen LogP contribution in [0.5, 0.6) is 0 Å². The summed E-state index contributed by atoms with van der Waals surface area (Å²) in [6.45, 7) is 0.791. The molecule has 4 heteroatoms. The number of aryl methyl sites for hydroxylation is 1.